The Kier molecular flexibility index (Phi) is 4.48. The van der Waals surface area contributed by atoms with Crippen LogP contribution in [0.2, 0.25) is 5.02 Å². The second-order valence-electron chi connectivity index (χ2n) is 6.73. The lowest BCUT2D eigenvalue weighted by atomic mass is 10.1. The van der Waals surface area contributed by atoms with E-state index in [9.17, 15) is 8.42 Å². The molecule has 25 heavy (non-hydrogen) atoms. The molecule has 1 heterocycles. The molecule has 0 amide bonds. The van der Waals surface area contributed by atoms with E-state index < -0.39 is 10.0 Å². The zero-order valence-corrected chi connectivity index (χ0v) is 15.5. The van der Waals surface area contributed by atoms with E-state index in [2.05, 4.69) is 17.4 Å². The number of aryl methyl sites for hydroxylation is 1. The van der Waals surface area contributed by atoms with E-state index in [-0.39, 0.29) is 5.75 Å². The predicted molar refractivity (Wildman–Crippen MR) is 102 cm³/mol. The van der Waals surface area contributed by atoms with E-state index in [0.29, 0.717) is 25.6 Å². The number of hydrogen-bond acceptors (Lipinski definition) is 3. The average Bonchev–Trinajstić information content (AvgIpc) is 3.15. The fraction of sp³-hybridized carbons (Fsp3) is 0.368. The lowest BCUT2D eigenvalue weighted by Gasteiger charge is -2.19. The van der Waals surface area contributed by atoms with E-state index >= 15 is 0 Å². The third kappa shape index (κ3) is 3.41. The Balaban J connectivity index is 1.47. The first-order chi connectivity index (χ1) is 12.0. The van der Waals surface area contributed by atoms with Gasteiger partial charge in [0.2, 0.25) is 10.0 Å². The summed E-state index contributed by atoms with van der Waals surface area (Å²) in [6.07, 6.45) is 2.81. The summed E-state index contributed by atoms with van der Waals surface area (Å²) >= 11 is 6.07. The quantitative estimate of drug-likeness (QED) is 0.885. The van der Waals surface area contributed by atoms with Gasteiger partial charge in [0.25, 0.3) is 0 Å². The van der Waals surface area contributed by atoms with Gasteiger partial charge >= 0.3 is 0 Å². The highest BCUT2D eigenvalue weighted by atomic mass is 35.5. The summed E-state index contributed by atoms with van der Waals surface area (Å²) < 4.78 is 25.7. The molecule has 1 aliphatic heterocycles. The number of anilines is 1. The van der Waals surface area contributed by atoms with Gasteiger partial charge in [0.15, 0.2) is 0 Å². The molecule has 0 aromatic heterocycles. The van der Waals surface area contributed by atoms with E-state index in [1.54, 1.807) is 0 Å². The van der Waals surface area contributed by atoms with Crippen molar-refractivity contribution >= 4 is 27.3 Å². The molecule has 0 radical (unpaired) electrons. The van der Waals surface area contributed by atoms with Gasteiger partial charge in [0, 0.05) is 24.2 Å². The fourth-order valence-electron chi connectivity index (χ4n) is 3.79. The molecule has 0 spiro atoms. The summed E-state index contributed by atoms with van der Waals surface area (Å²) in [6.45, 7) is 1.30. The van der Waals surface area contributed by atoms with Gasteiger partial charge in [-0.3, -0.25) is 4.31 Å². The molecular formula is C19H21ClN2O2S. The van der Waals surface area contributed by atoms with Crippen molar-refractivity contribution in [3.8, 4) is 0 Å². The second kappa shape index (κ2) is 6.63. The normalized spacial score (nSPS) is 21.5. The predicted octanol–water partition coefficient (Wildman–Crippen LogP) is 3.66. The maximum Gasteiger partial charge on any atom is 0.235 e. The molecule has 0 bridgehead atoms. The smallest absolute Gasteiger partial charge is 0.235 e. The molecule has 2 aliphatic rings. The van der Waals surface area contributed by atoms with Gasteiger partial charge in [-0.15, -0.1) is 0 Å². The number of nitrogens with zero attached hydrogens (tertiary/aromatic N) is 1. The van der Waals surface area contributed by atoms with E-state index in [1.807, 2.05) is 30.3 Å². The zero-order valence-electron chi connectivity index (χ0n) is 13.9. The number of rotatable bonds is 4. The van der Waals surface area contributed by atoms with Crippen molar-refractivity contribution in [2.45, 2.75) is 31.8 Å². The molecule has 132 valence electrons. The first kappa shape index (κ1) is 16.9. The zero-order chi connectivity index (χ0) is 17.4. The van der Waals surface area contributed by atoms with Crippen molar-refractivity contribution in [3.63, 3.8) is 0 Å². The second-order valence-corrected chi connectivity index (χ2v) is 9.18. The molecule has 1 saturated heterocycles. The first-order valence-electron chi connectivity index (χ1n) is 8.64. The van der Waals surface area contributed by atoms with Crippen LogP contribution < -0.4 is 9.62 Å². The molecule has 2 aromatic rings. The molecule has 4 rings (SSSR count). The number of benzene rings is 2. The van der Waals surface area contributed by atoms with E-state index in [4.69, 9.17) is 11.6 Å². The summed E-state index contributed by atoms with van der Waals surface area (Å²) in [4.78, 5) is 0. The van der Waals surface area contributed by atoms with Crippen LogP contribution in [0.5, 0.6) is 0 Å². The average molecular weight is 377 g/mol. The van der Waals surface area contributed by atoms with Gasteiger partial charge in [-0.2, -0.15) is 0 Å². The molecule has 6 heteroatoms. The summed E-state index contributed by atoms with van der Waals surface area (Å²) in [5, 5.41) is 4.39. The third-order valence-corrected chi connectivity index (χ3v) is 7.14. The molecule has 1 fully saturated rings. The number of fused-ring (bicyclic) bond motifs is 1. The van der Waals surface area contributed by atoms with Gasteiger partial charge in [0.1, 0.15) is 0 Å². The highest BCUT2D eigenvalue weighted by Crippen LogP contribution is 2.33. The van der Waals surface area contributed by atoms with E-state index in [0.717, 1.165) is 29.1 Å². The van der Waals surface area contributed by atoms with Gasteiger partial charge in [0.05, 0.1) is 11.4 Å². The Bertz CT molecular complexity index is 898. The lowest BCUT2D eigenvalue weighted by Crippen LogP contribution is -2.25. The third-order valence-electron chi connectivity index (χ3n) is 5.03. The lowest BCUT2D eigenvalue weighted by molar-refractivity contribution is 0.530. The van der Waals surface area contributed by atoms with Crippen molar-refractivity contribution < 1.29 is 8.42 Å². The fourth-order valence-corrected chi connectivity index (χ4v) is 5.54. The topological polar surface area (TPSA) is 49.4 Å². The SMILES string of the molecule is O=S1(=O)CCCN1c1cccc(CNC2CCc3cc(Cl)ccc32)c1. The van der Waals surface area contributed by atoms with Crippen molar-refractivity contribution in [1.29, 1.82) is 0 Å². The number of halogens is 1. The van der Waals surface area contributed by atoms with Crippen molar-refractivity contribution in [2.24, 2.45) is 0 Å². The van der Waals surface area contributed by atoms with Crippen molar-refractivity contribution in [1.82, 2.24) is 5.32 Å². The molecular weight excluding hydrogens is 356 g/mol. The first-order valence-corrected chi connectivity index (χ1v) is 10.6. The largest absolute Gasteiger partial charge is 0.306 e. The maximum atomic E-state index is 12.1. The van der Waals surface area contributed by atoms with Gasteiger partial charge < -0.3 is 5.32 Å². The summed E-state index contributed by atoms with van der Waals surface area (Å²) in [5.74, 6) is 0.247. The highest BCUT2D eigenvalue weighted by Gasteiger charge is 2.28. The van der Waals surface area contributed by atoms with Gasteiger partial charge in [-0.05, 0) is 60.2 Å². The maximum absolute atomic E-state index is 12.1. The van der Waals surface area contributed by atoms with Crippen LogP contribution in [0.1, 0.15) is 35.6 Å². The van der Waals surface area contributed by atoms with Crippen LogP contribution in [0.25, 0.3) is 0 Å². The minimum atomic E-state index is -3.13. The van der Waals surface area contributed by atoms with Crippen LogP contribution >= 0.6 is 11.6 Å². The minimum absolute atomic E-state index is 0.247. The number of nitrogens with one attached hydrogen (secondary N) is 1. The minimum Gasteiger partial charge on any atom is -0.306 e. The summed E-state index contributed by atoms with van der Waals surface area (Å²) in [6, 6.07) is 14.3. The number of hydrogen-bond donors (Lipinski definition) is 1. The Morgan fingerprint density at radius 1 is 1.20 bits per heavy atom. The standard InChI is InChI=1S/C19H21ClN2O2S/c20-16-6-7-18-15(12-16)5-8-19(18)21-13-14-3-1-4-17(11-14)22-9-2-10-25(22,23)24/h1,3-4,6-7,11-12,19,21H,2,5,8-10,13H2. The van der Waals surface area contributed by atoms with E-state index in [1.165, 1.54) is 15.4 Å². The van der Waals surface area contributed by atoms with Crippen molar-refractivity contribution in [3.05, 3.63) is 64.2 Å². The Morgan fingerprint density at radius 3 is 2.88 bits per heavy atom. The summed E-state index contributed by atoms with van der Waals surface area (Å²) in [7, 11) is -3.13. The van der Waals surface area contributed by atoms with Crippen LogP contribution in [0, 0.1) is 0 Å². The van der Waals surface area contributed by atoms with Crippen LogP contribution in [0.3, 0.4) is 0 Å². The molecule has 1 N–H and O–H groups in total. The van der Waals surface area contributed by atoms with Gasteiger partial charge in [-0.1, -0.05) is 29.8 Å². The van der Waals surface area contributed by atoms with Crippen LogP contribution in [-0.2, 0) is 23.0 Å². The van der Waals surface area contributed by atoms with Crippen LogP contribution in [-0.4, -0.2) is 20.7 Å². The molecule has 1 aliphatic carbocycles. The molecule has 1 unspecified atom stereocenters. The van der Waals surface area contributed by atoms with Gasteiger partial charge in [-0.25, -0.2) is 8.42 Å². The number of sulfonamides is 1. The molecule has 2 aromatic carbocycles. The molecule has 1 atom stereocenters. The summed E-state index contributed by atoms with van der Waals surface area (Å²) in [5.41, 5.74) is 4.52. The van der Waals surface area contributed by atoms with Crippen molar-refractivity contribution in [2.75, 3.05) is 16.6 Å². The molecule has 4 nitrogen and oxygen atoms in total. The molecule has 0 saturated carbocycles. The Labute approximate surface area is 153 Å². The Morgan fingerprint density at radius 2 is 2.08 bits per heavy atom. The Hall–Kier alpha value is -1.56. The monoisotopic (exact) mass is 376 g/mol. The highest BCUT2D eigenvalue weighted by molar-refractivity contribution is 7.93. The van der Waals surface area contributed by atoms with Crippen LogP contribution in [0.15, 0.2) is 42.5 Å². The van der Waals surface area contributed by atoms with Crippen LogP contribution in [0.4, 0.5) is 5.69 Å².